The summed E-state index contributed by atoms with van der Waals surface area (Å²) in [5.41, 5.74) is 1.24. The molecule has 1 aliphatic rings. The summed E-state index contributed by atoms with van der Waals surface area (Å²) in [6.45, 7) is 2.93. The van der Waals surface area contributed by atoms with E-state index in [2.05, 4.69) is 42.6 Å². The molecule has 0 atom stereocenters. The van der Waals surface area contributed by atoms with Gasteiger partial charge in [-0.15, -0.1) is 0 Å². The van der Waals surface area contributed by atoms with E-state index in [0.717, 1.165) is 6.61 Å². The van der Waals surface area contributed by atoms with E-state index in [1.807, 2.05) is 0 Å². The van der Waals surface area contributed by atoms with Gasteiger partial charge in [-0.2, -0.15) is 0 Å². The van der Waals surface area contributed by atoms with Crippen LogP contribution in [0.4, 0.5) is 5.69 Å². The highest BCUT2D eigenvalue weighted by Crippen LogP contribution is 2.23. The standard InChI is InChI=1S/C14H21NO/c1-2-16-14-10-8-13(9-11-14)15-12-6-4-3-5-7-12/h3-7,13-15H,2,8-11H2,1H3. The Morgan fingerprint density at radius 2 is 1.81 bits per heavy atom. The van der Waals surface area contributed by atoms with E-state index < -0.39 is 0 Å². The zero-order chi connectivity index (χ0) is 11.2. The highest BCUT2D eigenvalue weighted by Gasteiger charge is 2.20. The summed E-state index contributed by atoms with van der Waals surface area (Å²) in [6.07, 6.45) is 5.33. The van der Waals surface area contributed by atoms with E-state index >= 15 is 0 Å². The number of para-hydroxylation sites is 1. The minimum absolute atomic E-state index is 0.499. The molecule has 2 nitrogen and oxygen atoms in total. The van der Waals surface area contributed by atoms with Crippen LogP contribution in [0.25, 0.3) is 0 Å². The van der Waals surface area contributed by atoms with Crippen LogP contribution in [0, 0.1) is 0 Å². The first-order chi connectivity index (χ1) is 7.88. The van der Waals surface area contributed by atoms with Gasteiger partial charge in [0.15, 0.2) is 0 Å². The zero-order valence-corrected chi connectivity index (χ0v) is 9.99. The summed E-state index contributed by atoms with van der Waals surface area (Å²) in [6, 6.07) is 11.1. The van der Waals surface area contributed by atoms with E-state index in [0.29, 0.717) is 12.1 Å². The smallest absolute Gasteiger partial charge is 0.0576 e. The highest BCUT2D eigenvalue weighted by atomic mass is 16.5. The Morgan fingerprint density at radius 1 is 1.12 bits per heavy atom. The maximum atomic E-state index is 5.65. The second-order valence-electron chi connectivity index (χ2n) is 4.44. The maximum Gasteiger partial charge on any atom is 0.0576 e. The molecule has 0 aromatic heterocycles. The largest absolute Gasteiger partial charge is 0.382 e. The summed E-state index contributed by atoms with van der Waals surface area (Å²) in [5, 5.41) is 3.59. The molecule has 0 radical (unpaired) electrons. The van der Waals surface area contributed by atoms with Gasteiger partial charge in [0.1, 0.15) is 0 Å². The number of hydrogen-bond acceptors (Lipinski definition) is 2. The van der Waals surface area contributed by atoms with Crippen LogP contribution in [0.1, 0.15) is 32.6 Å². The molecular formula is C14H21NO. The topological polar surface area (TPSA) is 21.3 Å². The number of anilines is 1. The molecular weight excluding hydrogens is 198 g/mol. The summed E-state index contributed by atoms with van der Waals surface area (Å²) < 4.78 is 5.65. The molecule has 0 heterocycles. The van der Waals surface area contributed by atoms with Crippen LogP contribution in [-0.4, -0.2) is 18.8 Å². The third-order valence-corrected chi connectivity index (χ3v) is 3.22. The lowest BCUT2D eigenvalue weighted by atomic mass is 9.93. The van der Waals surface area contributed by atoms with E-state index in [9.17, 15) is 0 Å². The van der Waals surface area contributed by atoms with Gasteiger partial charge in [0.2, 0.25) is 0 Å². The van der Waals surface area contributed by atoms with Crippen LogP contribution in [0.2, 0.25) is 0 Å². The van der Waals surface area contributed by atoms with Crippen LogP contribution in [-0.2, 0) is 4.74 Å². The molecule has 2 heteroatoms. The molecule has 0 spiro atoms. The van der Waals surface area contributed by atoms with Gasteiger partial charge in [-0.1, -0.05) is 18.2 Å². The van der Waals surface area contributed by atoms with Crippen molar-refractivity contribution in [1.82, 2.24) is 0 Å². The molecule has 16 heavy (non-hydrogen) atoms. The van der Waals surface area contributed by atoms with Crippen molar-refractivity contribution in [2.45, 2.75) is 44.8 Å². The lowest BCUT2D eigenvalue weighted by Crippen LogP contribution is -2.29. The summed E-state index contributed by atoms with van der Waals surface area (Å²) in [4.78, 5) is 0. The van der Waals surface area contributed by atoms with Gasteiger partial charge in [-0.25, -0.2) is 0 Å². The fraction of sp³-hybridized carbons (Fsp3) is 0.571. The Labute approximate surface area is 98.0 Å². The van der Waals surface area contributed by atoms with Crippen molar-refractivity contribution in [3.63, 3.8) is 0 Å². The van der Waals surface area contributed by atoms with E-state index in [4.69, 9.17) is 4.74 Å². The number of benzene rings is 1. The first kappa shape index (κ1) is 11.5. The van der Waals surface area contributed by atoms with Gasteiger partial charge in [-0.05, 0) is 44.7 Å². The second kappa shape index (κ2) is 5.90. The minimum atomic E-state index is 0.499. The van der Waals surface area contributed by atoms with Crippen LogP contribution in [0.5, 0.6) is 0 Å². The average molecular weight is 219 g/mol. The van der Waals surface area contributed by atoms with Crippen molar-refractivity contribution >= 4 is 5.69 Å². The third-order valence-electron chi connectivity index (χ3n) is 3.22. The third kappa shape index (κ3) is 3.24. The lowest BCUT2D eigenvalue weighted by molar-refractivity contribution is 0.0346. The molecule has 0 aliphatic heterocycles. The molecule has 0 saturated heterocycles. The lowest BCUT2D eigenvalue weighted by Gasteiger charge is -2.29. The molecule has 1 fully saturated rings. The molecule has 1 aliphatic carbocycles. The van der Waals surface area contributed by atoms with Crippen molar-refractivity contribution in [1.29, 1.82) is 0 Å². The molecule has 88 valence electrons. The summed E-state index contributed by atoms with van der Waals surface area (Å²) >= 11 is 0. The average Bonchev–Trinajstić information content (AvgIpc) is 2.33. The number of ether oxygens (including phenoxy) is 1. The molecule has 2 rings (SSSR count). The molecule has 0 bridgehead atoms. The van der Waals surface area contributed by atoms with Gasteiger partial charge in [0, 0.05) is 18.3 Å². The Hall–Kier alpha value is -1.02. The number of hydrogen-bond donors (Lipinski definition) is 1. The van der Waals surface area contributed by atoms with Crippen LogP contribution < -0.4 is 5.32 Å². The summed E-state index contributed by atoms with van der Waals surface area (Å²) in [5.74, 6) is 0. The SMILES string of the molecule is CCOC1CCC(Nc2ccccc2)CC1. The Kier molecular flexibility index (Phi) is 4.23. The number of rotatable bonds is 4. The van der Waals surface area contributed by atoms with Gasteiger partial charge >= 0.3 is 0 Å². The Bertz CT molecular complexity index is 291. The fourth-order valence-electron chi connectivity index (χ4n) is 2.38. The van der Waals surface area contributed by atoms with Crippen molar-refractivity contribution < 1.29 is 4.74 Å². The predicted octanol–water partition coefficient (Wildman–Crippen LogP) is 3.45. The van der Waals surface area contributed by atoms with Crippen LogP contribution >= 0.6 is 0 Å². The van der Waals surface area contributed by atoms with E-state index in [-0.39, 0.29) is 0 Å². The van der Waals surface area contributed by atoms with Crippen LogP contribution in [0.3, 0.4) is 0 Å². The summed E-state index contributed by atoms with van der Waals surface area (Å²) in [7, 11) is 0. The Morgan fingerprint density at radius 3 is 2.44 bits per heavy atom. The molecule has 1 aromatic carbocycles. The van der Waals surface area contributed by atoms with Crippen molar-refractivity contribution in [2.75, 3.05) is 11.9 Å². The first-order valence-corrected chi connectivity index (χ1v) is 6.31. The normalized spacial score (nSPS) is 25.3. The van der Waals surface area contributed by atoms with Crippen molar-refractivity contribution in [2.24, 2.45) is 0 Å². The van der Waals surface area contributed by atoms with Gasteiger partial charge < -0.3 is 10.1 Å². The second-order valence-corrected chi connectivity index (χ2v) is 4.44. The van der Waals surface area contributed by atoms with E-state index in [1.165, 1.54) is 31.4 Å². The first-order valence-electron chi connectivity index (χ1n) is 6.31. The number of nitrogens with one attached hydrogen (secondary N) is 1. The predicted molar refractivity (Wildman–Crippen MR) is 67.7 cm³/mol. The molecule has 1 N–H and O–H groups in total. The maximum absolute atomic E-state index is 5.65. The van der Waals surface area contributed by atoms with E-state index in [1.54, 1.807) is 0 Å². The van der Waals surface area contributed by atoms with Gasteiger partial charge in [0.05, 0.1) is 6.10 Å². The van der Waals surface area contributed by atoms with Gasteiger partial charge in [-0.3, -0.25) is 0 Å². The van der Waals surface area contributed by atoms with Gasteiger partial charge in [0.25, 0.3) is 0 Å². The molecule has 0 unspecified atom stereocenters. The van der Waals surface area contributed by atoms with Crippen LogP contribution in [0.15, 0.2) is 30.3 Å². The molecule has 1 saturated carbocycles. The quantitative estimate of drug-likeness (QED) is 0.837. The zero-order valence-electron chi connectivity index (χ0n) is 9.99. The molecule has 0 amide bonds. The minimum Gasteiger partial charge on any atom is -0.382 e. The monoisotopic (exact) mass is 219 g/mol. The van der Waals surface area contributed by atoms with Crippen molar-refractivity contribution in [3.05, 3.63) is 30.3 Å². The Balaban J connectivity index is 1.77. The fourth-order valence-corrected chi connectivity index (χ4v) is 2.38. The molecule has 1 aromatic rings. The highest BCUT2D eigenvalue weighted by molar-refractivity contribution is 5.43. The van der Waals surface area contributed by atoms with Crippen molar-refractivity contribution in [3.8, 4) is 0 Å².